The lowest BCUT2D eigenvalue weighted by molar-refractivity contribution is -0.133. The molecule has 0 bridgehead atoms. The van der Waals surface area contributed by atoms with Gasteiger partial charge >= 0.3 is 0 Å². The number of benzene rings is 1. The van der Waals surface area contributed by atoms with Crippen LogP contribution in [0.5, 0.6) is 0 Å². The first-order chi connectivity index (χ1) is 7.18. The molecule has 0 fully saturated rings. The third-order valence-corrected chi connectivity index (χ3v) is 1.75. The normalized spacial score (nSPS) is 9.60. The fourth-order valence-corrected chi connectivity index (χ4v) is 1.10. The molecule has 15 heavy (non-hydrogen) atoms. The van der Waals surface area contributed by atoms with Crippen LogP contribution in [0.1, 0.15) is 12.0 Å². The zero-order valence-electron chi connectivity index (χ0n) is 8.10. The molecular formula is C10H12N2O2S. The number of hydrogen-bond donors (Lipinski definition) is 2. The minimum atomic E-state index is -0.335. The SMILES string of the molecule is NC(=S)CC(=O)NOCc1ccccc1. The summed E-state index contributed by atoms with van der Waals surface area (Å²) in [6.07, 6.45) is 0.00409. The van der Waals surface area contributed by atoms with Gasteiger partial charge in [-0.3, -0.25) is 9.63 Å². The highest BCUT2D eigenvalue weighted by Crippen LogP contribution is 1.98. The predicted octanol–water partition coefficient (Wildman–Crippen LogP) is 0.911. The molecule has 0 saturated heterocycles. The Morgan fingerprint density at radius 2 is 2.07 bits per heavy atom. The third-order valence-electron chi connectivity index (χ3n) is 1.60. The largest absolute Gasteiger partial charge is 0.393 e. The van der Waals surface area contributed by atoms with Gasteiger partial charge in [-0.1, -0.05) is 42.5 Å². The fourth-order valence-electron chi connectivity index (χ4n) is 0.968. The van der Waals surface area contributed by atoms with Gasteiger partial charge in [0, 0.05) is 0 Å². The maximum Gasteiger partial charge on any atom is 0.250 e. The van der Waals surface area contributed by atoms with Gasteiger partial charge in [0.2, 0.25) is 5.91 Å². The maximum atomic E-state index is 11.0. The van der Waals surface area contributed by atoms with Gasteiger partial charge in [-0.25, -0.2) is 5.48 Å². The van der Waals surface area contributed by atoms with Crippen molar-refractivity contribution in [3.63, 3.8) is 0 Å². The van der Waals surface area contributed by atoms with Crippen LogP contribution in [0.4, 0.5) is 0 Å². The number of hydrogen-bond acceptors (Lipinski definition) is 3. The van der Waals surface area contributed by atoms with E-state index in [1.54, 1.807) is 0 Å². The first-order valence-electron chi connectivity index (χ1n) is 4.41. The molecule has 5 heteroatoms. The summed E-state index contributed by atoms with van der Waals surface area (Å²) in [6.45, 7) is 0.323. The van der Waals surface area contributed by atoms with Gasteiger partial charge < -0.3 is 5.73 Å². The maximum absolute atomic E-state index is 11.0. The summed E-state index contributed by atoms with van der Waals surface area (Å²) >= 11 is 4.58. The summed E-state index contributed by atoms with van der Waals surface area (Å²) in [5, 5.41) is 0. The van der Waals surface area contributed by atoms with Gasteiger partial charge in [-0.15, -0.1) is 0 Å². The zero-order chi connectivity index (χ0) is 11.1. The van der Waals surface area contributed by atoms with Crippen LogP contribution in [0.3, 0.4) is 0 Å². The average Bonchev–Trinajstić information content (AvgIpc) is 2.18. The lowest BCUT2D eigenvalue weighted by Crippen LogP contribution is -2.27. The highest BCUT2D eigenvalue weighted by molar-refractivity contribution is 7.80. The van der Waals surface area contributed by atoms with Crippen LogP contribution in [0.15, 0.2) is 30.3 Å². The van der Waals surface area contributed by atoms with Gasteiger partial charge in [-0.2, -0.15) is 0 Å². The van der Waals surface area contributed by atoms with Crippen molar-refractivity contribution in [1.82, 2.24) is 5.48 Å². The van der Waals surface area contributed by atoms with E-state index in [0.29, 0.717) is 6.61 Å². The molecule has 0 atom stereocenters. The second-order valence-corrected chi connectivity index (χ2v) is 3.47. The Hall–Kier alpha value is -1.46. The number of carbonyl (C=O) groups is 1. The van der Waals surface area contributed by atoms with Crippen LogP contribution >= 0.6 is 12.2 Å². The fraction of sp³-hybridized carbons (Fsp3) is 0.200. The van der Waals surface area contributed by atoms with E-state index < -0.39 is 0 Å². The predicted molar refractivity (Wildman–Crippen MR) is 60.8 cm³/mol. The summed E-state index contributed by atoms with van der Waals surface area (Å²) in [4.78, 5) is 16.2. The molecule has 0 unspecified atom stereocenters. The van der Waals surface area contributed by atoms with Crippen LogP contribution in [0, 0.1) is 0 Å². The van der Waals surface area contributed by atoms with Crippen molar-refractivity contribution < 1.29 is 9.63 Å². The van der Waals surface area contributed by atoms with E-state index in [0.717, 1.165) is 5.56 Å². The number of hydroxylamine groups is 1. The molecule has 0 aliphatic rings. The molecule has 1 amide bonds. The summed E-state index contributed by atoms with van der Waals surface area (Å²) in [5.41, 5.74) is 8.43. The van der Waals surface area contributed by atoms with Crippen LogP contribution in [-0.2, 0) is 16.2 Å². The highest BCUT2D eigenvalue weighted by Gasteiger charge is 2.02. The number of amides is 1. The highest BCUT2D eigenvalue weighted by atomic mass is 32.1. The van der Waals surface area contributed by atoms with Crippen LogP contribution in [0.25, 0.3) is 0 Å². The molecule has 0 aliphatic carbocycles. The molecule has 0 aromatic heterocycles. The molecule has 1 rings (SSSR count). The van der Waals surface area contributed by atoms with Gasteiger partial charge in [0.05, 0.1) is 18.0 Å². The smallest absolute Gasteiger partial charge is 0.250 e. The topological polar surface area (TPSA) is 64.4 Å². The van der Waals surface area contributed by atoms with Crippen LogP contribution in [0.2, 0.25) is 0 Å². The third kappa shape index (κ3) is 5.09. The molecule has 80 valence electrons. The van der Waals surface area contributed by atoms with E-state index in [-0.39, 0.29) is 17.3 Å². The monoisotopic (exact) mass is 224 g/mol. The zero-order valence-corrected chi connectivity index (χ0v) is 8.92. The average molecular weight is 224 g/mol. The molecule has 0 heterocycles. The summed E-state index contributed by atoms with van der Waals surface area (Å²) in [7, 11) is 0. The Morgan fingerprint density at radius 3 is 2.67 bits per heavy atom. The number of carbonyl (C=O) groups excluding carboxylic acids is 1. The van der Waals surface area contributed by atoms with E-state index in [4.69, 9.17) is 10.6 Å². The van der Waals surface area contributed by atoms with Crippen molar-refractivity contribution in [3.8, 4) is 0 Å². The Kier molecular flexibility index (Phi) is 4.73. The standard InChI is InChI=1S/C10H12N2O2S/c11-9(15)6-10(13)12-14-7-8-4-2-1-3-5-8/h1-5H,6-7H2,(H2,11,15)(H,12,13). The van der Waals surface area contributed by atoms with Crippen molar-refractivity contribution in [2.45, 2.75) is 13.0 Å². The van der Waals surface area contributed by atoms with Gasteiger partial charge in [0.15, 0.2) is 0 Å². The summed E-state index contributed by atoms with van der Waals surface area (Å²) in [6, 6.07) is 9.51. The van der Waals surface area contributed by atoms with Gasteiger partial charge in [-0.05, 0) is 5.56 Å². The van der Waals surface area contributed by atoms with E-state index in [2.05, 4.69) is 17.7 Å². The van der Waals surface area contributed by atoms with Gasteiger partial charge in [0.25, 0.3) is 0 Å². The lowest BCUT2D eigenvalue weighted by Gasteiger charge is -2.04. The van der Waals surface area contributed by atoms with Crippen LogP contribution < -0.4 is 11.2 Å². The van der Waals surface area contributed by atoms with Crippen LogP contribution in [-0.4, -0.2) is 10.9 Å². The molecule has 0 saturated carbocycles. The van der Waals surface area contributed by atoms with Crippen molar-refractivity contribution in [3.05, 3.63) is 35.9 Å². The minimum Gasteiger partial charge on any atom is -0.393 e. The second kappa shape index (κ2) is 6.10. The molecular weight excluding hydrogens is 212 g/mol. The molecule has 1 aromatic carbocycles. The Balaban J connectivity index is 2.22. The first kappa shape index (κ1) is 11.6. The van der Waals surface area contributed by atoms with Crippen molar-refractivity contribution >= 4 is 23.1 Å². The molecule has 0 radical (unpaired) electrons. The van der Waals surface area contributed by atoms with Crippen molar-refractivity contribution in [2.75, 3.05) is 0 Å². The minimum absolute atomic E-state index is 0.00409. The summed E-state index contributed by atoms with van der Waals surface area (Å²) in [5.74, 6) is -0.335. The number of thiocarbonyl (C=S) groups is 1. The molecule has 4 nitrogen and oxygen atoms in total. The molecule has 3 N–H and O–H groups in total. The number of nitrogens with two attached hydrogens (primary N) is 1. The lowest BCUT2D eigenvalue weighted by atomic mass is 10.2. The molecule has 1 aromatic rings. The second-order valence-electron chi connectivity index (χ2n) is 2.94. The van der Waals surface area contributed by atoms with Crippen molar-refractivity contribution in [2.24, 2.45) is 5.73 Å². The Bertz CT molecular complexity index is 341. The van der Waals surface area contributed by atoms with E-state index in [1.807, 2.05) is 30.3 Å². The van der Waals surface area contributed by atoms with E-state index >= 15 is 0 Å². The first-order valence-corrected chi connectivity index (χ1v) is 4.82. The van der Waals surface area contributed by atoms with E-state index in [9.17, 15) is 4.79 Å². The summed E-state index contributed by atoms with van der Waals surface area (Å²) < 4.78 is 0. The Labute approximate surface area is 93.4 Å². The molecule has 0 aliphatic heterocycles. The van der Waals surface area contributed by atoms with Crippen molar-refractivity contribution in [1.29, 1.82) is 0 Å². The number of nitrogens with one attached hydrogen (secondary N) is 1. The Morgan fingerprint density at radius 1 is 1.40 bits per heavy atom. The number of rotatable bonds is 5. The van der Waals surface area contributed by atoms with E-state index in [1.165, 1.54) is 0 Å². The molecule has 0 spiro atoms. The quantitative estimate of drug-likeness (QED) is 0.576. The van der Waals surface area contributed by atoms with Gasteiger partial charge in [0.1, 0.15) is 0 Å².